The average Bonchev–Trinajstić information content (AvgIpc) is 3.00. The number of ether oxygens (including phenoxy) is 1. The molecule has 2 aromatic rings. The van der Waals surface area contributed by atoms with Gasteiger partial charge in [-0.25, -0.2) is 13.2 Å². The number of thiophene rings is 1. The summed E-state index contributed by atoms with van der Waals surface area (Å²) in [6.07, 6.45) is 2.73. The number of methoxy groups -OCH3 is 1. The number of amides is 1. The topological polar surface area (TPSA) is 92.8 Å². The van der Waals surface area contributed by atoms with Crippen molar-refractivity contribution in [3.8, 4) is 0 Å². The second-order valence-electron chi connectivity index (χ2n) is 7.42. The number of nitrogens with zero attached hydrogens (tertiary/aromatic N) is 1. The van der Waals surface area contributed by atoms with E-state index >= 15 is 0 Å². The van der Waals surface area contributed by atoms with Crippen LogP contribution in [0, 0.1) is 13.8 Å². The molecular weight excluding hydrogens is 424 g/mol. The molecule has 1 amide bonds. The van der Waals surface area contributed by atoms with Gasteiger partial charge in [0, 0.05) is 23.0 Å². The highest BCUT2D eigenvalue weighted by Crippen LogP contribution is 2.33. The summed E-state index contributed by atoms with van der Waals surface area (Å²) in [5.74, 6) is -0.930. The quantitative estimate of drug-likeness (QED) is 0.696. The Morgan fingerprint density at radius 3 is 2.43 bits per heavy atom. The van der Waals surface area contributed by atoms with Gasteiger partial charge < -0.3 is 10.1 Å². The van der Waals surface area contributed by atoms with Crippen LogP contribution in [0.15, 0.2) is 29.2 Å². The Morgan fingerprint density at radius 1 is 1.17 bits per heavy atom. The van der Waals surface area contributed by atoms with Crippen LogP contribution in [0.4, 0.5) is 5.00 Å². The van der Waals surface area contributed by atoms with E-state index in [1.807, 2.05) is 13.8 Å². The summed E-state index contributed by atoms with van der Waals surface area (Å²) in [5.41, 5.74) is 1.41. The molecule has 7 nitrogen and oxygen atoms in total. The molecule has 0 bridgehead atoms. The van der Waals surface area contributed by atoms with Gasteiger partial charge in [-0.15, -0.1) is 11.3 Å². The van der Waals surface area contributed by atoms with E-state index in [1.54, 1.807) is 6.92 Å². The zero-order valence-corrected chi connectivity index (χ0v) is 19.2. The minimum absolute atomic E-state index is 0.0335. The van der Waals surface area contributed by atoms with E-state index in [1.165, 1.54) is 47.0 Å². The van der Waals surface area contributed by atoms with E-state index in [-0.39, 0.29) is 10.9 Å². The molecule has 1 aromatic carbocycles. The molecule has 0 saturated carbocycles. The van der Waals surface area contributed by atoms with Crippen molar-refractivity contribution in [3.05, 3.63) is 45.8 Å². The van der Waals surface area contributed by atoms with Crippen LogP contribution in [0.5, 0.6) is 0 Å². The molecule has 1 N–H and O–H groups in total. The van der Waals surface area contributed by atoms with Crippen molar-refractivity contribution in [1.82, 2.24) is 4.31 Å². The van der Waals surface area contributed by atoms with Gasteiger partial charge in [0.25, 0.3) is 5.91 Å². The van der Waals surface area contributed by atoms with Gasteiger partial charge in [-0.1, -0.05) is 6.42 Å². The van der Waals surface area contributed by atoms with E-state index < -0.39 is 21.9 Å². The molecule has 0 radical (unpaired) electrons. The number of hydrogen-bond acceptors (Lipinski definition) is 6. The molecule has 1 unspecified atom stereocenters. The third-order valence-corrected chi connectivity index (χ3v) is 8.62. The molecule has 9 heteroatoms. The van der Waals surface area contributed by atoms with Crippen LogP contribution >= 0.6 is 11.3 Å². The van der Waals surface area contributed by atoms with E-state index in [2.05, 4.69) is 5.32 Å². The lowest BCUT2D eigenvalue weighted by molar-refractivity contribution is 0.0601. The first-order valence-electron chi connectivity index (χ1n) is 9.78. The summed E-state index contributed by atoms with van der Waals surface area (Å²) in [7, 11) is -2.30. The largest absolute Gasteiger partial charge is 0.465 e. The Morgan fingerprint density at radius 2 is 1.83 bits per heavy atom. The fourth-order valence-corrected chi connectivity index (χ4v) is 6.32. The molecule has 0 aliphatic carbocycles. The minimum Gasteiger partial charge on any atom is -0.465 e. The van der Waals surface area contributed by atoms with Gasteiger partial charge in [0.15, 0.2) is 0 Å². The minimum atomic E-state index is -3.59. The number of aryl methyl sites for hydroxylation is 1. The number of rotatable bonds is 5. The number of benzene rings is 1. The molecule has 1 saturated heterocycles. The number of carbonyl (C=O) groups excluding carboxylic acids is 2. The molecule has 1 aliphatic rings. The third-order valence-electron chi connectivity index (χ3n) is 5.47. The molecule has 2 heterocycles. The van der Waals surface area contributed by atoms with Crippen molar-refractivity contribution < 1.29 is 22.7 Å². The van der Waals surface area contributed by atoms with Crippen molar-refractivity contribution in [2.75, 3.05) is 19.0 Å². The zero-order valence-electron chi connectivity index (χ0n) is 17.5. The van der Waals surface area contributed by atoms with Crippen LogP contribution < -0.4 is 5.32 Å². The first kappa shape index (κ1) is 22.5. The van der Waals surface area contributed by atoms with Gasteiger partial charge in [0.2, 0.25) is 10.0 Å². The Labute approximate surface area is 181 Å². The fourth-order valence-electron chi connectivity index (χ4n) is 3.58. The van der Waals surface area contributed by atoms with Crippen LogP contribution in [-0.2, 0) is 14.8 Å². The molecule has 1 fully saturated rings. The maximum atomic E-state index is 12.9. The van der Waals surface area contributed by atoms with Crippen LogP contribution in [-0.4, -0.2) is 44.3 Å². The van der Waals surface area contributed by atoms with Gasteiger partial charge in [-0.05, 0) is 63.4 Å². The van der Waals surface area contributed by atoms with Gasteiger partial charge >= 0.3 is 5.97 Å². The van der Waals surface area contributed by atoms with Crippen LogP contribution in [0.1, 0.15) is 57.3 Å². The van der Waals surface area contributed by atoms with Gasteiger partial charge in [0.1, 0.15) is 5.00 Å². The predicted molar refractivity (Wildman–Crippen MR) is 117 cm³/mol. The van der Waals surface area contributed by atoms with Crippen LogP contribution in [0.3, 0.4) is 0 Å². The SMILES string of the molecule is COC(=O)c1c(NC(=O)c2ccc(S(=O)(=O)N3CCCCC3C)cc2)sc(C)c1C. The van der Waals surface area contributed by atoms with Crippen molar-refractivity contribution in [1.29, 1.82) is 0 Å². The van der Waals surface area contributed by atoms with Gasteiger partial charge in [-0.2, -0.15) is 4.31 Å². The average molecular weight is 451 g/mol. The first-order chi connectivity index (χ1) is 14.2. The Bertz CT molecular complexity index is 1060. The number of nitrogens with one attached hydrogen (secondary N) is 1. The summed E-state index contributed by atoms with van der Waals surface area (Å²) in [5, 5.41) is 3.17. The summed E-state index contributed by atoms with van der Waals surface area (Å²) < 4.78 is 32.2. The number of esters is 1. The Hall–Kier alpha value is -2.23. The smallest absolute Gasteiger partial charge is 0.341 e. The highest BCUT2D eigenvalue weighted by Gasteiger charge is 2.31. The van der Waals surface area contributed by atoms with Crippen molar-refractivity contribution in [2.45, 2.75) is 51.0 Å². The van der Waals surface area contributed by atoms with E-state index in [0.717, 1.165) is 29.7 Å². The molecule has 1 aliphatic heterocycles. The highest BCUT2D eigenvalue weighted by molar-refractivity contribution is 7.89. The number of piperidine rings is 1. The standard InChI is InChI=1S/C21H26N2O5S2/c1-13-7-5-6-12-23(13)30(26,27)17-10-8-16(9-11-17)19(24)22-20-18(21(25)28-4)14(2)15(3)29-20/h8-11,13H,5-7,12H2,1-4H3,(H,22,24). The predicted octanol–water partition coefficient (Wildman–Crippen LogP) is 3.97. The summed E-state index contributed by atoms with van der Waals surface area (Å²) in [6, 6.07) is 5.85. The molecule has 162 valence electrons. The maximum absolute atomic E-state index is 12.9. The molecule has 0 spiro atoms. The van der Waals surface area contributed by atoms with E-state index in [4.69, 9.17) is 4.74 Å². The summed E-state index contributed by atoms with van der Waals surface area (Å²) in [4.78, 5) is 25.9. The van der Waals surface area contributed by atoms with Crippen LogP contribution in [0.2, 0.25) is 0 Å². The maximum Gasteiger partial charge on any atom is 0.341 e. The monoisotopic (exact) mass is 450 g/mol. The molecule has 3 rings (SSSR count). The lowest BCUT2D eigenvalue weighted by atomic mass is 10.1. The van der Waals surface area contributed by atoms with Crippen molar-refractivity contribution in [2.24, 2.45) is 0 Å². The van der Waals surface area contributed by atoms with Crippen LogP contribution in [0.25, 0.3) is 0 Å². The third kappa shape index (κ3) is 4.28. The Balaban J connectivity index is 1.81. The first-order valence-corrected chi connectivity index (χ1v) is 12.0. The molecule has 1 atom stereocenters. The number of sulfonamides is 1. The zero-order chi connectivity index (χ0) is 22.1. The fraction of sp³-hybridized carbons (Fsp3) is 0.429. The number of carbonyl (C=O) groups is 2. The van der Waals surface area contributed by atoms with E-state index in [0.29, 0.717) is 22.7 Å². The van der Waals surface area contributed by atoms with E-state index in [9.17, 15) is 18.0 Å². The lowest BCUT2D eigenvalue weighted by Crippen LogP contribution is -2.41. The Kier molecular flexibility index (Phi) is 6.64. The second kappa shape index (κ2) is 8.87. The second-order valence-corrected chi connectivity index (χ2v) is 10.5. The number of anilines is 1. The van der Waals surface area contributed by atoms with Gasteiger partial charge in [-0.3, -0.25) is 4.79 Å². The molecule has 30 heavy (non-hydrogen) atoms. The van der Waals surface area contributed by atoms with Gasteiger partial charge in [0.05, 0.1) is 17.6 Å². The molecular formula is C21H26N2O5S2. The highest BCUT2D eigenvalue weighted by atomic mass is 32.2. The summed E-state index contributed by atoms with van der Waals surface area (Å²) in [6.45, 7) is 6.10. The van der Waals surface area contributed by atoms with Crippen molar-refractivity contribution in [3.63, 3.8) is 0 Å². The lowest BCUT2D eigenvalue weighted by Gasteiger charge is -2.32. The van der Waals surface area contributed by atoms with Crippen molar-refractivity contribution >= 4 is 38.2 Å². The molecule has 1 aromatic heterocycles. The normalized spacial score (nSPS) is 17.5. The number of hydrogen-bond donors (Lipinski definition) is 1. The summed E-state index contributed by atoms with van der Waals surface area (Å²) >= 11 is 1.30.